The Labute approximate surface area is 119 Å². The molecule has 0 fully saturated rings. The summed E-state index contributed by atoms with van der Waals surface area (Å²) in [6.45, 7) is 5.29. The highest BCUT2D eigenvalue weighted by Gasteiger charge is 2.17. The summed E-state index contributed by atoms with van der Waals surface area (Å²) in [5, 5.41) is 0. The second-order valence-corrected chi connectivity index (χ2v) is 6.74. The minimum Gasteiger partial charge on any atom is -0.490 e. The van der Waals surface area contributed by atoms with E-state index in [9.17, 15) is 8.42 Å². The molecule has 0 aliphatic carbocycles. The molecule has 1 aromatic rings. The van der Waals surface area contributed by atoms with Crippen molar-refractivity contribution in [1.29, 1.82) is 0 Å². The Kier molecular flexibility index (Phi) is 6.62. The third-order valence-corrected chi connectivity index (χ3v) is 3.83. The van der Waals surface area contributed by atoms with E-state index in [1.807, 2.05) is 0 Å². The molecular weight excluding hydrogens is 288 g/mol. The Hall–Kier alpha value is -0.780. The van der Waals surface area contributed by atoms with Crippen LogP contribution in [0.15, 0.2) is 23.1 Å². The zero-order valence-corrected chi connectivity index (χ0v) is 12.8. The number of unbranched alkanes of at least 4 members (excludes halogenated alkanes) is 1. The van der Waals surface area contributed by atoms with E-state index >= 15 is 0 Å². The van der Waals surface area contributed by atoms with Gasteiger partial charge in [-0.15, -0.1) is 0 Å². The van der Waals surface area contributed by atoms with Crippen molar-refractivity contribution in [2.45, 2.75) is 31.6 Å². The number of hydrogen-bond acceptors (Lipinski definition) is 4. The van der Waals surface area contributed by atoms with Crippen LogP contribution in [0.4, 0.5) is 0 Å². The van der Waals surface area contributed by atoms with Gasteiger partial charge >= 0.3 is 0 Å². The maximum absolute atomic E-state index is 11.4. The third kappa shape index (κ3) is 5.80. The summed E-state index contributed by atoms with van der Waals surface area (Å²) >= 11 is 0. The first kappa shape index (κ1) is 16.3. The molecule has 0 spiro atoms. The van der Waals surface area contributed by atoms with Gasteiger partial charge in [-0.25, -0.2) is 8.42 Å². The predicted octanol–water partition coefficient (Wildman–Crippen LogP) is 3.12. The molecule has 4 nitrogen and oxygen atoms in total. The molecule has 0 unspecified atom stereocenters. The summed E-state index contributed by atoms with van der Waals surface area (Å²) in [7, 11) is 1.58. The van der Waals surface area contributed by atoms with E-state index in [4.69, 9.17) is 20.2 Å². The molecule has 0 bridgehead atoms. The number of hydrogen-bond donors (Lipinski definition) is 0. The van der Waals surface area contributed by atoms with Crippen LogP contribution >= 0.6 is 10.7 Å². The molecule has 0 radical (unpaired) electrons. The van der Waals surface area contributed by atoms with E-state index in [0.29, 0.717) is 19.8 Å². The lowest BCUT2D eigenvalue weighted by Gasteiger charge is -2.10. The molecule has 0 amide bonds. The smallest absolute Gasteiger partial charge is 0.264 e. The highest BCUT2D eigenvalue weighted by molar-refractivity contribution is 8.13. The van der Waals surface area contributed by atoms with Gasteiger partial charge in [0, 0.05) is 17.3 Å². The lowest BCUT2D eigenvalue weighted by molar-refractivity contribution is 0.0971. The topological polar surface area (TPSA) is 52.6 Å². The number of rotatable bonds is 8. The van der Waals surface area contributed by atoms with Crippen LogP contribution in [0.25, 0.3) is 0 Å². The van der Waals surface area contributed by atoms with Crippen LogP contribution in [0.3, 0.4) is 0 Å². The van der Waals surface area contributed by atoms with Crippen molar-refractivity contribution in [1.82, 2.24) is 0 Å². The second kappa shape index (κ2) is 7.72. The molecule has 19 heavy (non-hydrogen) atoms. The monoisotopic (exact) mass is 306 g/mol. The molecule has 1 aromatic carbocycles. The fraction of sp³-hybridized carbons (Fsp3) is 0.538. The van der Waals surface area contributed by atoms with Crippen molar-refractivity contribution in [3.63, 3.8) is 0 Å². The molecule has 0 N–H and O–H groups in total. The first-order chi connectivity index (χ1) is 8.95. The molecular formula is C13H19ClO4S. The van der Waals surface area contributed by atoms with Crippen molar-refractivity contribution in [2.75, 3.05) is 19.8 Å². The molecule has 0 aliphatic heterocycles. The van der Waals surface area contributed by atoms with Gasteiger partial charge in [0.1, 0.15) is 17.3 Å². The molecule has 0 aliphatic rings. The van der Waals surface area contributed by atoms with Crippen LogP contribution < -0.4 is 4.74 Å². The Morgan fingerprint density at radius 3 is 2.58 bits per heavy atom. The van der Waals surface area contributed by atoms with E-state index < -0.39 is 9.05 Å². The zero-order valence-electron chi connectivity index (χ0n) is 11.2. The quantitative estimate of drug-likeness (QED) is 0.547. The van der Waals surface area contributed by atoms with Gasteiger partial charge in [-0.1, -0.05) is 19.4 Å². The summed E-state index contributed by atoms with van der Waals surface area (Å²) < 4.78 is 33.6. The van der Waals surface area contributed by atoms with Crippen LogP contribution in [0.1, 0.15) is 25.3 Å². The standard InChI is InChI=1S/C13H19ClO4S/c1-3-4-7-17-8-9-18-12-6-5-11(2)10-13(12)19(14,15)16/h5-6,10H,3-4,7-9H2,1-2H3. The van der Waals surface area contributed by atoms with Crippen LogP contribution in [0.2, 0.25) is 0 Å². The van der Waals surface area contributed by atoms with Crippen LogP contribution in [-0.4, -0.2) is 28.2 Å². The molecule has 0 saturated heterocycles. The minimum absolute atomic E-state index is 0.00252. The molecule has 0 heterocycles. The van der Waals surface area contributed by atoms with Crippen molar-refractivity contribution < 1.29 is 17.9 Å². The van der Waals surface area contributed by atoms with Gasteiger partial charge in [-0.05, 0) is 31.0 Å². The number of benzene rings is 1. The van der Waals surface area contributed by atoms with Gasteiger partial charge in [-0.2, -0.15) is 0 Å². The van der Waals surface area contributed by atoms with Crippen LogP contribution in [0, 0.1) is 6.92 Å². The van der Waals surface area contributed by atoms with Gasteiger partial charge in [0.15, 0.2) is 0 Å². The Morgan fingerprint density at radius 2 is 1.95 bits per heavy atom. The van der Waals surface area contributed by atoms with Gasteiger partial charge in [-0.3, -0.25) is 0 Å². The van der Waals surface area contributed by atoms with Gasteiger partial charge in [0.25, 0.3) is 9.05 Å². The number of aryl methyl sites for hydroxylation is 1. The second-order valence-electron chi connectivity index (χ2n) is 4.20. The zero-order chi connectivity index (χ0) is 14.3. The SMILES string of the molecule is CCCCOCCOc1ccc(C)cc1S(=O)(=O)Cl. The number of halogens is 1. The van der Waals surface area contributed by atoms with Gasteiger partial charge in [0.2, 0.25) is 0 Å². The molecule has 0 saturated carbocycles. The Morgan fingerprint density at radius 1 is 1.21 bits per heavy atom. The summed E-state index contributed by atoms with van der Waals surface area (Å²) in [5.74, 6) is 0.264. The molecule has 6 heteroatoms. The van der Waals surface area contributed by atoms with E-state index in [2.05, 4.69) is 6.92 Å². The summed E-state index contributed by atoms with van der Waals surface area (Å²) in [6, 6.07) is 4.88. The first-order valence-electron chi connectivity index (χ1n) is 6.21. The van der Waals surface area contributed by atoms with Gasteiger partial charge in [0.05, 0.1) is 6.61 Å². The molecule has 0 aromatic heterocycles. The summed E-state index contributed by atoms with van der Waals surface area (Å²) in [5.41, 5.74) is 0.811. The fourth-order valence-electron chi connectivity index (χ4n) is 1.48. The summed E-state index contributed by atoms with van der Waals surface area (Å²) in [4.78, 5) is 0.00252. The van der Waals surface area contributed by atoms with Crippen LogP contribution in [0.5, 0.6) is 5.75 Å². The fourth-order valence-corrected chi connectivity index (χ4v) is 2.54. The summed E-state index contributed by atoms with van der Waals surface area (Å²) in [6.07, 6.45) is 2.08. The average Bonchev–Trinajstić information content (AvgIpc) is 2.34. The van der Waals surface area contributed by atoms with Crippen LogP contribution in [-0.2, 0) is 13.8 Å². The Balaban J connectivity index is 2.59. The first-order valence-corrected chi connectivity index (χ1v) is 8.52. The van der Waals surface area contributed by atoms with Crippen molar-refractivity contribution in [2.24, 2.45) is 0 Å². The maximum atomic E-state index is 11.4. The molecule has 108 valence electrons. The number of ether oxygens (including phenoxy) is 2. The van der Waals surface area contributed by atoms with Gasteiger partial charge < -0.3 is 9.47 Å². The van der Waals surface area contributed by atoms with E-state index in [0.717, 1.165) is 18.4 Å². The van der Waals surface area contributed by atoms with E-state index in [-0.39, 0.29) is 10.6 Å². The Bertz CT molecular complexity index is 499. The average molecular weight is 307 g/mol. The molecule has 0 atom stereocenters. The lowest BCUT2D eigenvalue weighted by Crippen LogP contribution is -2.09. The van der Waals surface area contributed by atoms with Crippen molar-refractivity contribution >= 4 is 19.7 Å². The highest BCUT2D eigenvalue weighted by Crippen LogP contribution is 2.27. The predicted molar refractivity (Wildman–Crippen MR) is 75.4 cm³/mol. The van der Waals surface area contributed by atoms with Crippen molar-refractivity contribution in [3.05, 3.63) is 23.8 Å². The van der Waals surface area contributed by atoms with E-state index in [1.54, 1.807) is 19.1 Å². The van der Waals surface area contributed by atoms with E-state index in [1.165, 1.54) is 6.07 Å². The lowest BCUT2D eigenvalue weighted by atomic mass is 10.2. The minimum atomic E-state index is -3.80. The normalized spacial score (nSPS) is 11.5. The molecule has 1 rings (SSSR count). The maximum Gasteiger partial charge on any atom is 0.264 e. The highest BCUT2D eigenvalue weighted by atomic mass is 35.7. The third-order valence-electron chi connectivity index (χ3n) is 2.49. The largest absolute Gasteiger partial charge is 0.490 e. The van der Waals surface area contributed by atoms with Crippen molar-refractivity contribution in [3.8, 4) is 5.75 Å².